The van der Waals surface area contributed by atoms with Crippen LogP contribution in [-0.2, 0) is 14.8 Å². The molecule has 2 saturated heterocycles. The van der Waals surface area contributed by atoms with Gasteiger partial charge in [-0.3, -0.25) is 4.79 Å². The molecule has 2 aromatic carbocycles. The zero-order valence-corrected chi connectivity index (χ0v) is 19.7. The number of sulfonamides is 1. The highest BCUT2D eigenvalue weighted by Gasteiger charge is 2.38. The van der Waals surface area contributed by atoms with Crippen LogP contribution in [0.2, 0.25) is 0 Å². The lowest BCUT2D eigenvalue weighted by Gasteiger charge is -2.34. The van der Waals surface area contributed by atoms with E-state index in [0.717, 1.165) is 36.3 Å². The minimum Gasteiger partial charge on any atom is -0.497 e. The number of nitrogens with zero attached hydrogens (tertiary/aromatic N) is 2. The molecule has 7 nitrogen and oxygen atoms in total. The molecule has 0 N–H and O–H groups in total. The number of carbonyl (C=O) groups is 1. The van der Waals surface area contributed by atoms with Gasteiger partial charge in [-0.2, -0.15) is 4.31 Å². The van der Waals surface area contributed by atoms with Gasteiger partial charge in [0, 0.05) is 31.1 Å². The van der Waals surface area contributed by atoms with Crippen molar-refractivity contribution in [3.63, 3.8) is 0 Å². The predicted octanol–water partition coefficient (Wildman–Crippen LogP) is 3.61. The first-order valence-electron chi connectivity index (χ1n) is 11.1. The van der Waals surface area contributed by atoms with Gasteiger partial charge < -0.3 is 14.4 Å². The number of piperidine rings is 1. The van der Waals surface area contributed by atoms with Gasteiger partial charge in [-0.15, -0.1) is 0 Å². The van der Waals surface area contributed by atoms with Crippen molar-refractivity contribution in [1.82, 2.24) is 9.21 Å². The van der Waals surface area contributed by atoms with Crippen LogP contribution in [0.5, 0.6) is 11.5 Å². The fourth-order valence-corrected chi connectivity index (χ4v) is 6.26. The van der Waals surface area contributed by atoms with Crippen molar-refractivity contribution in [2.45, 2.75) is 36.6 Å². The molecule has 0 aromatic heterocycles. The first kappa shape index (κ1) is 23.5. The Morgan fingerprint density at radius 2 is 1.67 bits per heavy atom. The number of rotatable bonds is 6. The van der Waals surface area contributed by atoms with Gasteiger partial charge >= 0.3 is 0 Å². The lowest BCUT2D eigenvalue weighted by Crippen LogP contribution is -2.44. The Kier molecular flexibility index (Phi) is 6.90. The van der Waals surface area contributed by atoms with Crippen LogP contribution in [0, 0.1) is 11.7 Å². The molecule has 0 saturated carbocycles. The van der Waals surface area contributed by atoms with Crippen molar-refractivity contribution in [2.24, 2.45) is 5.92 Å². The van der Waals surface area contributed by atoms with Gasteiger partial charge in [0.1, 0.15) is 17.3 Å². The SMILES string of the molecule is COc1ccc(OC)c([C@H]2CCCN2C(=O)C2CCN(S(=O)(=O)c3ccc(F)cc3)CC2)c1. The molecule has 9 heteroatoms. The van der Waals surface area contributed by atoms with Crippen molar-refractivity contribution in [2.75, 3.05) is 33.9 Å². The van der Waals surface area contributed by atoms with E-state index in [9.17, 15) is 17.6 Å². The summed E-state index contributed by atoms with van der Waals surface area (Å²) in [5.41, 5.74) is 0.930. The van der Waals surface area contributed by atoms with Crippen LogP contribution in [0.4, 0.5) is 4.39 Å². The minimum atomic E-state index is -3.71. The molecule has 0 spiro atoms. The average molecular weight is 477 g/mol. The highest BCUT2D eigenvalue weighted by Crippen LogP contribution is 2.40. The van der Waals surface area contributed by atoms with Crippen molar-refractivity contribution >= 4 is 15.9 Å². The predicted molar refractivity (Wildman–Crippen MR) is 121 cm³/mol. The quantitative estimate of drug-likeness (QED) is 0.637. The van der Waals surface area contributed by atoms with Crippen LogP contribution < -0.4 is 9.47 Å². The topological polar surface area (TPSA) is 76.2 Å². The van der Waals surface area contributed by atoms with Gasteiger partial charge in [0.15, 0.2) is 0 Å². The summed E-state index contributed by atoms with van der Waals surface area (Å²) in [4.78, 5) is 15.4. The van der Waals surface area contributed by atoms with E-state index in [2.05, 4.69) is 0 Å². The summed E-state index contributed by atoms with van der Waals surface area (Å²) in [5.74, 6) is 0.777. The third-order valence-electron chi connectivity index (χ3n) is 6.59. The summed E-state index contributed by atoms with van der Waals surface area (Å²) in [6, 6.07) is 10.4. The Morgan fingerprint density at radius 3 is 2.30 bits per heavy atom. The molecule has 2 aliphatic rings. The molecule has 2 fully saturated rings. The lowest BCUT2D eigenvalue weighted by molar-refractivity contribution is -0.137. The van der Waals surface area contributed by atoms with E-state index in [1.54, 1.807) is 14.2 Å². The maximum Gasteiger partial charge on any atom is 0.243 e. The Hall–Kier alpha value is -2.65. The van der Waals surface area contributed by atoms with E-state index in [0.29, 0.717) is 25.1 Å². The standard InChI is InChI=1S/C24H29FN2O5S/c1-31-19-7-10-23(32-2)21(16-19)22-4-3-13-27(22)24(28)17-11-14-26(15-12-17)33(29,30)20-8-5-18(25)6-9-20/h5-10,16-17,22H,3-4,11-15H2,1-2H3/t22-/m1/s1. The zero-order chi connectivity index (χ0) is 23.6. The molecule has 2 heterocycles. The maximum atomic E-state index is 13.4. The summed E-state index contributed by atoms with van der Waals surface area (Å²) < 4.78 is 51.2. The zero-order valence-electron chi connectivity index (χ0n) is 18.9. The summed E-state index contributed by atoms with van der Waals surface area (Å²) >= 11 is 0. The van der Waals surface area contributed by atoms with Gasteiger partial charge in [0.2, 0.25) is 15.9 Å². The third-order valence-corrected chi connectivity index (χ3v) is 8.50. The molecule has 0 bridgehead atoms. The second kappa shape index (κ2) is 9.69. The number of ether oxygens (including phenoxy) is 2. The number of carbonyl (C=O) groups excluding carboxylic acids is 1. The molecular formula is C24H29FN2O5S. The van der Waals surface area contributed by atoms with Gasteiger partial charge in [-0.25, -0.2) is 12.8 Å². The van der Waals surface area contributed by atoms with Crippen molar-refractivity contribution in [1.29, 1.82) is 0 Å². The third kappa shape index (κ3) is 4.70. The average Bonchev–Trinajstić information content (AvgIpc) is 3.33. The summed E-state index contributed by atoms with van der Waals surface area (Å²) in [5, 5.41) is 0. The molecule has 1 amide bonds. The fraction of sp³-hybridized carbons (Fsp3) is 0.458. The molecule has 178 valence electrons. The number of halogens is 1. The molecular weight excluding hydrogens is 447 g/mol. The summed E-state index contributed by atoms with van der Waals surface area (Å²) in [6.07, 6.45) is 2.65. The number of likely N-dealkylation sites (tertiary alicyclic amines) is 1. The first-order chi connectivity index (χ1) is 15.8. The van der Waals surface area contributed by atoms with Gasteiger partial charge in [-0.1, -0.05) is 0 Å². The lowest BCUT2D eigenvalue weighted by atomic mass is 9.95. The van der Waals surface area contributed by atoms with Crippen molar-refractivity contribution in [3.05, 3.63) is 53.8 Å². The molecule has 0 aliphatic carbocycles. The fourth-order valence-electron chi connectivity index (χ4n) is 4.79. The molecule has 4 rings (SSSR count). The van der Waals surface area contributed by atoms with Gasteiger partial charge in [0.05, 0.1) is 25.2 Å². The van der Waals surface area contributed by atoms with E-state index in [1.165, 1.54) is 16.4 Å². The van der Waals surface area contributed by atoms with Crippen LogP contribution in [0.3, 0.4) is 0 Å². The molecule has 2 aliphatic heterocycles. The van der Waals surface area contributed by atoms with E-state index in [1.807, 2.05) is 23.1 Å². The highest BCUT2D eigenvalue weighted by molar-refractivity contribution is 7.89. The number of hydrogen-bond acceptors (Lipinski definition) is 5. The van der Waals surface area contributed by atoms with Crippen LogP contribution in [0.1, 0.15) is 37.3 Å². The Morgan fingerprint density at radius 1 is 0.970 bits per heavy atom. The van der Waals surface area contributed by atoms with Crippen molar-refractivity contribution < 1.29 is 27.1 Å². The number of hydrogen-bond donors (Lipinski definition) is 0. The first-order valence-corrected chi connectivity index (χ1v) is 12.6. The van der Waals surface area contributed by atoms with Gasteiger partial charge in [-0.05, 0) is 68.1 Å². The summed E-state index contributed by atoms with van der Waals surface area (Å²) in [6.45, 7) is 1.19. The molecule has 2 aromatic rings. The number of methoxy groups -OCH3 is 2. The second-order valence-corrected chi connectivity index (χ2v) is 10.4. The highest BCUT2D eigenvalue weighted by atomic mass is 32.2. The van der Waals surface area contributed by atoms with E-state index in [-0.39, 0.29) is 35.9 Å². The minimum absolute atomic E-state index is 0.0567. The largest absolute Gasteiger partial charge is 0.497 e. The molecule has 0 unspecified atom stereocenters. The monoisotopic (exact) mass is 476 g/mol. The number of amides is 1. The van der Waals surface area contributed by atoms with Crippen molar-refractivity contribution in [3.8, 4) is 11.5 Å². The van der Waals surface area contributed by atoms with E-state index in [4.69, 9.17) is 9.47 Å². The second-order valence-electron chi connectivity index (χ2n) is 8.43. The molecule has 1 atom stereocenters. The maximum absolute atomic E-state index is 13.4. The van der Waals surface area contributed by atoms with E-state index >= 15 is 0 Å². The normalized spacial score (nSPS) is 20.1. The molecule has 0 radical (unpaired) electrons. The van der Waals surface area contributed by atoms with Crippen LogP contribution in [0.25, 0.3) is 0 Å². The Bertz CT molecular complexity index is 1100. The Labute approximate surface area is 194 Å². The Balaban J connectivity index is 1.46. The van der Waals surface area contributed by atoms with Crippen LogP contribution in [0.15, 0.2) is 47.4 Å². The summed E-state index contributed by atoms with van der Waals surface area (Å²) in [7, 11) is -0.483. The smallest absolute Gasteiger partial charge is 0.243 e. The van der Waals surface area contributed by atoms with Gasteiger partial charge in [0.25, 0.3) is 0 Å². The van der Waals surface area contributed by atoms with Crippen LogP contribution in [-0.4, -0.2) is 57.4 Å². The molecule has 33 heavy (non-hydrogen) atoms. The van der Waals surface area contributed by atoms with Crippen LogP contribution >= 0.6 is 0 Å². The number of benzene rings is 2. The van der Waals surface area contributed by atoms with E-state index < -0.39 is 15.8 Å².